The highest BCUT2D eigenvalue weighted by Crippen LogP contribution is 2.38. The van der Waals surface area contributed by atoms with Gasteiger partial charge in [0.1, 0.15) is 11.5 Å². The molecule has 2 aromatic rings. The topological polar surface area (TPSA) is 99.9 Å². The molecule has 0 bridgehead atoms. The number of amides is 1. The number of likely N-dealkylation sites (tertiary alicyclic amines) is 1. The van der Waals surface area contributed by atoms with Crippen LogP contribution in [0, 0.1) is 6.92 Å². The summed E-state index contributed by atoms with van der Waals surface area (Å²) in [6, 6.07) is 3.35. The third kappa shape index (κ3) is 4.96. The highest BCUT2D eigenvalue weighted by Gasteiger charge is 2.38. The van der Waals surface area contributed by atoms with Crippen molar-refractivity contribution in [3.8, 4) is 11.4 Å². The summed E-state index contributed by atoms with van der Waals surface area (Å²) in [5.41, 5.74) is -1.03. The number of aryl methyl sites for hydroxylation is 1. The number of benzene rings is 1. The maximum atomic E-state index is 13.9. The number of aromatic nitrogens is 2. The zero-order valence-electron chi connectivity index (χ0n) is 19.6. The quantitative estimate of drug-likeness (QED) is 0.652. The molecule has 1 aliphatic rings. The summed E-state index contributed by atoms with van der Waals surface area (Å²) in [5.74, 6) is -0.120. The lowest BCUT2D eigenvalue weighted by Crippen LogP contribution is -2.38. The molecular weight excluding hydrogens is 455 g/mol. The minimum Gasteiger partial charge on any atom is -0.465 e. The van der Waals surface area contributed by atoms with Gasteiger partial charge in [0.25, 0.3) is 5.56 Å². The number of halogens is 3. The maximum absolute atomic E-state index is 13.9. The Morgan fingerprint density at radius 1 is 1.32 bits per heavy atom. The molecule has 186 valence electrons. The molecule has 1 saturated heterocycles. The van der Waals surface area contributed by atoms with Crippen LogP contribution in [0.4, 0.5) is 29.3 Å². The first-order chi connectivity index (χ1) is 15.8. The summed E-state index contributed by atoms with van der Waals surface area (Å²) in [7, 11) is 4.63. The fourth-order valence-electron chi connectivity index (χ4n) is 3.99. The van der Waals surface area contributed by atoms with Crippen molar-refractivity contribution in [2.75, 3.05) is 44.0 Å². The lowest BCUT2D eigenvalue weighted by molar-refractivity contribution is -0.137. The Morgan fingerprint density at radius 2 is 2.00 bits per heavy atom. The summed E-state index contributed by atoms with van der Waals surface area (Å²) >= 11 is 0. The van der Waals surface area contributed by atoms with E-state index in [0.717, 1.165) is 10.6 Å². The Labute approximate surface area is 194 Å². The van der Waals surface area contributed by atoms with Crippen molar-refractivity contribution in [3.63, 3.8) is 0 Å². The van der Waals surface area contributed by atoms with E-state index in [0.29, 0.717) is 12.3 Å². The van der Waals surface area contributed by atoms with Crippen LogP contribution in [0.3, 0.4) is 0 Å². The van der Waals surface area contributed by atoms with Gasteiger partial charge in [-0.1, -0.05) is 0 Å². The average molecular weight is 483 g/mol. The first-order valence-electron chi connectivity index (χ1n) is 10.7. The molecule has 0 saturated carbocycles. The Balaban J connectivity index is 2.05. The molecule has 2 heterocycles. The molecule has 1 aliphatic heterocycles. The highest BCUT2D eigenvalue weighted by molar-refractivity contribution is 5.68. The summed E-state index contributed by atoms with van der Waals surface area (Å²) < 4.78 is 48.3. The standard InChI is InChI=1S/C22H28F3N5O4/c1-6-34-17-11-30(21(32)33)10-16(17)27-18-12(2)26-19(29(5)20(18)31)14-8-7-13(28(3)4)9-15(14)22(23,24)25/h7-9,16-17,27H,6,10-11H2,1-5H3,(H,32,33)/t16-,17+/m1/s1. The van der Waals surface area contributed by atoms with E-state index in [2.05, 4.69) is 10.3 Å². The zero-order valence-corrected chi connectivity index (χ0v) is 19.6. The number of carbonyl (C=O) groups is 1. The van der Waals surface area contributed by atoms with E-state index >= 15 is 0 Å². The fraction of sp³-hybridized carbons (Fsp3) is 0.500. The van der Waals surface area contributed by atoms with Gasteiger partial charge in [-0.3, -0.25) is 9.36 Å². The normalized spacial score (nSPS) is 18.3. The summed E-state index contributed by atoms with van der Waals surface area (Å²) in [6.07, 6.45) is -6.24. The number of ether oxygens (including phenoxy) is 1. The van der Waals surface area contributed by atoms with E-state index in [1.807, 2.05) is 0 Å². The molecule has 2 N–H and O–H groups in total. The molecule has 0 unspecified atom stereocenters. The van der Waals surface area contributed by atoms with Crippen LogP contribution in [-0.4, -0.2) is 71.6 Å². The van der Waals surface area contributed by atoms with E-state index in [9.17, 15) is 27.9 Å². The third-order valence-corrected chi connectivity index (χ3v) is 5.78. The van der Waals surface area contributed by atoms with Crippen molar-refractivity contribution < 1.29 is 27.8 Å². The molecule has 12 heteroatoms. The summed E-state index contributed by atoms with van der Waals surface area (Å²) in [4.78, 5) is 31.6. The molecule has 1 fully saturated rings. The number of alkyl halides is 3. The van der Waals surface area contributed by atoms with Crippen molar-refractivity contribution in [1.82, 2.24) is 14.5 Å². The first-order valence-corrected chi connectivity index (χ1v) is 10.7. The Kier molecular flexibility index (Phi) is 7.10. The van der Waals surface area contributed by atoms with Gasteiger partial charge in [-0.05, 0) is 32.0 Å². The molecule has 0 spiro atoms. The van der Waals surface area contributed by atoms with Crippen LogP contribution in [-0.2, 0) is 18.0 Å². The van der Waals surface area contributed by atoms with Crippen molar-refractivity contribution in [2.24, 2.45) is 7.05 Å². The second-order valence-electron chi connectivity index (χ2n) is 8.31. The van der Waals surface area contributed by atoms with Crippen LogP contribution < -0.4 is 15.8 Å². The van der Waals surface area contributed by atoms with Gasteiger partial charge in [0.05, 0.1) is 29.9 Å². The number of hydrogen-bond donors (Lipinski definition) is 2. The number of carboxylic acid groups (broad SMARTS) is 1. The minimum atomic E-state index is -4.65. The SMILES string of the molecule is CCO[C@H]1CN(C(=O)O)C[C@H]1Nc1c(C)nc(-c2ccc(N(C)C)cc2C(F)(F)F)n(C)c1=O. The van der Waals surface area contributed by atoms with E-state index in [4.69, 9.17) is 4.74 Å². The average Bonchev–Trinajstić information content (AvgIpc) is 3.16. The van der Waals surface area contributed by atoms with Gasteiger partial charge in [-0.25, -0.2) is 9.78 Å². The fourth-order valence-corrected chi connectivity index (χ4v) is 3.99. The van der Waals surface area contributed by atoms with Crippen LogP contribution in [0.15, 0.2) is 23.0 Å². The number of rotatable bonds is 6. The first kappa shape index (κ1) is 25.3. The van der Waals surface area contributed by atoms with E-state index in [1.54, 1.807) is 25.9 Å². The highest BCUT2D eigenvalue weighted by atomic mass is 19.4. The lowest BCUT2D eigenvalue weighted by atomic mass is 10.0. The van der Waals surface area contributed by atoms with Gasteiger partial charge in [-0.2, -0.15) is 13.2 Å². The van der Waals surface area contributed by atoms with Crippen LogP contribution in [0.1, 0.15) is 18.2 Å². The molecule has 0 radical (unpaired) electrons. The third-order valence-electron chi connectivity index (χ3n) is 5.78. The van der Waals surface area contributed by atoms with Crippen LogP contribution in [0.2, 0.25) is 0 Å². The predicted molar refractivity (Wildman–Crippen MR) is 121 cm³/mol. The lowest BCUT2D eigenvalue weighted by Gasteiger charge is -2.23. The number of nitrogens with one attached hydrogen (secondary N) is 1. The van der Waals surface area contributed by atoms with Crippen molar-refractivity contribution in [3.05, 3.63) is 39.8 Å². The van der Waals surface area contributed by atoms with Crippen molar-refractivity contribution in [1.29, 1.82) is 0 Å². The number of anilines is 2. The Morgan fingerprint density at radius 3 is 2.56 bits per heavy atom. The van der Waals surface area contributed by atoms with Gasteiger partial charge in [0.2, 0.25) is 0 Å². The maximum Gasteiger partial charge on any atom is 0.417 e. The van der Waals surface area contributed by atoms with Gasteiger partial charge in [0.15, 0.2) is 0 Å². The number of nitrogens with zero attached hydrogens (tertiary/aromatic N) is 4. The largest absolute Gasteiger partial charge is 0.465 e. The van der Waals surface area contributed by atoms with E-state index in [1.165, 1.54) is 31.0 Å². The predicted octanol–water partition coefficient (Wildman–Crippen LogP) is 3.02. The second-order valence-corrected chi connectivity index (χ2v) is 8.31. The molecule has 2 atom stereocenters. The summed E-state index contributed by atoms with van der Waals surface area (Å²) in [5, 5.41) is 12.3. The van der Waals surface area contributed by atoms with Crippen LogP contribution in [0.25, 0.3) is 11.4 Å². The van der Waals surface area contributed by atoms with Crippen molar-refractivity contribution in [2.45, 2.75) is 32.2 Å². The second kappa shape index (κ2) is 9.53. The molecule has 3 rings (SSSR count). The molecule has 1 amide bonds. The molecule has 34 heavy (non-hydrogen) atoms. The molecule has 1 aromatic heterocycles. The van der Waals surface area contributed by atoms with Crippen LogP contribution in [0.5, 0.6) is 0 Å². The minimum absolute atomic E-state index is 0.0895. The van der Waals surface area contributed by atoms with E-state index < -0.39 is 35.5 Å². The van der Waals surface area contributed by atoms with Crippen molar-refractivity contribution >= 4 is 17.5 Å². The molecule has 1 aromatic carbocycles. The molecular formula is C22H28F3N5O4. The Hall–Kier alpha value is -3.28. The zero-order chi connectivity index (χ0) is 25.4. The Bertz CT molecular complexity index is 1130. The smallest absolute Gasteiger partial charge is 0.417 e. The number of hydrogen-bond acceptors (Lipinski definition) is 6. The van der Waals surface area contributed by atoms with Gasteiger partial charge >= 0.3 is 12.3 Å². The molecule has 0 aliphatic carbocycles. The van der Waals surface area contributed by atoms with E-state index in [-0.39, 0.29) is 35.9 Å². The van der Waals surface area contributed by atoms with Gasteiger partial charge in [0, 0.05) is 45.5 Å². The van der Waals surface area contributed by atoms with Gasteiger partial charge < -0.3 is 25.0 Å². The van der Waals surface area contributed by atoms with Gasteiger partial charge in [-0.15, -0.1) is 0 Å². The van der Waals surface area contributed by atoms with Crippen LogP contribution >= 0.6 is 0 Å². The molecule has 9 nitrogen and oxygen atoms in total. The monoisotopic (exact) mass is 483 g/mol. The summed E-state index contributed by atoms with van der Waals surface area (Å²) in [6.45, 7) is 3.89.